The molecule has 2 atom stereocenters. The average Bonchev–Trinajstić information content (AvgIpc) is 3.17. The first-order valence-electron chi connectivity index (χ1n) is 9.96. The summed E-state index contributed by atoms with van der Waals surface area (Å²) in [6.45, 7) is 5.50. The van der Waals surface area contributed by atoms with Crippen LogP contribution in [-0.4, -0.2) is 40.7 Å². The van der Waals surface area contributed by atoms with Gasteiger partial charge < -0.3 is 4.74 Å². The monoisotopic (exact) mass is 405 g/mol. The Labute approximate surface area is 174 Å². The third-order valence-electron chi connectivity index (χ3n) is 5.62. The van der Waals surface area contributed by atoms with E-state index in [1.165, 1.54) is 5.01 Å². The molecule has 4 rings (SSSR count). The molecule has 154 valence electrons. The van der Waals surface area contributed by atoms with Crippen molar-refractivity contribution in [3.8, 4) is 0 Å². The maximum absolute atomic E-state index is 13.9. The SMILES string of the molecule is CCOC(=O)N1C(=O)C[C@@H](C)[C@@]12C(=O)N(c1ccccc1)N=C2c1cccc(C)c1. The van der Waals surface area contributed by atoms with Crippen LogP contribution in [-0.2, 0) is 14.3 Å². The fourth-order valence-corrected chi connectivity index (χ4v) is 4.30. The number of hydrazone groups is 1. The van der Waals surface area contributed by atoms with Gasteiger partial charge in [-0.1, -0.05) is 55.0 Å². The molecule has 2 aromatic carbocycles. The highest BCUT2D eigenvalue weighted by atomic mass is 16.6. The molecule has 1 saturated heterocycles. The Hall–Kier alpha value is -3.48. The topological polar surface area (TPSA) is 79.3 Å². The van der Waals surface area contributed by atoms with Gasteiger partial charge in [0.05, 0.1) is 12.3 Å². The van der Waals surface area contributed by atoms with Gasteiger partial charge in [0.25, 0.3) is 5.91 Å². The maximum atomic E-state index is 13.9. The fourth-order valence-electron chi connectivity index (χ4n) is 4.30. The van der Waals surface area contributed by atoms with Crippen molar-refractivity contribution in [3.05, 3.63) is 65.7 Å². The first kappa shape index (κ1) is 19.8. The normalized spacial score (nSPS) is 23.3. The predicted octanol–water partition coefficient (Wildman–Crippen LogP) is 3.51. The summed E-state index contributed by atoms with van der Waals surface area (Å²) < 4.78 is 5.17. The number of likely N-dealkylation sites (tertiary alicyclic amines) is 1. The minimum atomic E-state index is -1.55. The van der Waals surface area contributed by atoms with Crippen LogP contribution in [0.5, 0.6) is 0 Å². The molecule has 0 N–H and O–H groups in total. The van der Waals surface area contributed by atoms with E-state index in [4.69, 9.17) is 4.74 Å². The minimum absolute atomic E-state index is 0.0536. The number of carbonyl (C=O) groups is 3. The second-order valence-electron chi connectivity index (χ2n) is 7.57. The molecule has 30 heavy (non-hydrogen) atoms. The first-order chi connectivity index (χ1) is 14.4. The number of nitrogens with zero attached hydrogens (tertiary/aromatic N) is 3. The molecule has 2 heterocycles. The Balaban J connectivity index is 1.95. The van der Waals surface area contributed by atoms with E-state index in [1.54, 1.807) is 26.0 Å². The summed E-state index contributed by atoms with van der Waals surface area (Å²) in [5, 5.41) is 5.95. The molecule has 0 saturated carbocycles. The molecule has 7 heteroatoms. The minimum Gasteiger partial charge on any atom is -0.449 e. The number of rotatable bonds is 3. The number of hydrogen-bond donors (Lipinski definition) is 0. The van der Waals surface area contributed by atoms with Crippen molar-refractivity contribution in [2.24, 2.45) is 11.0 Å². The molecule has 0 unspecified atom stereocenters. The van der Waals surface area contributed by atoms with Crippen molar-refractivity contribution in [2.45, 2.75) is 32.7 Å². The summed E-state index contributed by atoms with van der Waals surface area (Å²) in [4.78, 5) is 40.6. The Morgan fingerprint density at radius 1 is 1.17 bits per heavy atom. The summed E-state index contributed by atoms with van der Waals surface area (Å²) in [5.41, 5.74) is 1.08. The highest BCUT2D eigenvalue weighted by molar-refractivity contribution is 6.32. The van der Waals surface area contributed by atoms with E-state index in [-0.39, 0.29) is 13.0 Å². The van der Waals surface area contributed by atoms with Crippen LogP contribution in [0.4, 0.5) is 10.5 Å². The second kappa shape index (κ2) is 7.40. The second-order valence-corrected chi connectivity index (χ2v) is 7.57. The van der Waals surface area contributed by atoms with Crippen molar-refractivity contribution in [2.75, 3.05) is 11.6 Å². The van der Waals surface area contributed by atoms with Gasteiger partial charge in [0.2, 0.25) is 5.91 Å². The maximum Gasteiger partial charge on any atom is 0.417 e. The number of imide groups is 1. The average molecular weight is 405 g/mol. The zero-order chi connectivity index (χ0) is 21.5. The van der Waals surface area contributed by atoms with Crippen molar-refractivity contribution in [3.63, 3.8) is 0 Å². The molecule has 2 aromatic rings. The van der Waals surface area contributed by atoms with Crippen LogP contribution in [0.1, 0.15) is 31.4 Å². The molecule has 2 aliphatic heterocycles. The van der Waals surface area contributed by atoms with E-state index in [0.29, 0.717) is 17.0 Å². The van der Waals surface area contributed by atoms with Gasteiger partial charge in [-0.05, 0) is 26.0 Å². The van der Waals surface area contributed by atoms with Gasteiger partial charge in [-0.15, -0.1) is 0 Å². The Bertz CT molecular complexity index is 1050. The van der Waals surface area contributed by atoms with Crippen LogP contribution in [0.3, 0.4) is 0 Å². The van der Waals surface area contributed by atoms with E-state index >= 15 is 0 Å². The molecular weight excluding hydrogens is 382 g/mol. The van der Waals surface area contributed by atoms with Crippen LogP contribution in [0.15, 0.2) is 59.7 Å². The summed E-state index contributed by atoms with van der Waals surface area (Å²) >= 11 is 0. The van der Waals surface area contributed by atoms with E-state index in [0.717, 1.165) is 10.5 Å². The van der Waals surface area contributed by atoms with Gasteiger partial charge in [0.15, 0.2) is 5.54 Å². The molecule has 0 aromatic heterocycles. The molecule has 2 aliphatic rings. The smallest absolute Gasteiger partial charge is 0.417 e. The summed E-state index contributed by atoms with van der Waals surface area (Å²) in [6, 6.07) is 16.5. The summed E-state index contributed by atoms with van der Waals surface area (Å²) in [5.74, 6) is -1.34. The van der Waals surface area contributed by atoms with Crippen LogP contribution < -0.4 is 5.01 Å². The van der Waals surface area contributed by atoms with Crippen molar-refractivity contribution in [1.29, 1.82) is 0 Å². The van der Waals surface area contributed by atoms with E-state index in [2.05, 4.69) is 5.10 Å². The number of aryl methyl sites for hydroxylation is 1. The lowest BCUT2D eigenvalue weighted by Crippen LogP contribution is -2.62. The van der Waals surface area contributed by atoms with Gasteiger partial charge in [-0.3, -0.25) is 9.59 Å². The standard InChI is InChI=1S/C23H23N3O4/c1-4-30-22(29)25-19(27)14-16(3)23(25)20(17-10-8-9-15(2)13-17)24-26(21(23)28)18-11-6-5-7-12-18/h5-13,16H,4,14H2,1-3H3/t16-,23-/m1/s1. The highest BCUT2D eigenvalue weighted by Gasteiger charge is 2.67. The van der Waals surface area contributed by atoms with Gasteiger partial charge in [0, 0.05) is 17.9 Å². The van der Waals surface area contributed by atoms with Crippen LogP contribution >= 0.6 is 0 Å². The van der Waals surface area contributed by atoms with Crippen LogP contribution in [0, 0.1) is 12.8 Å². The number of carbonyl (C=O) groups excluding carboxylic acids is 3. The van der Waals surface area contributed by atoms with Crippen molar-refractivity contribution >= 4 is 29.3 Å². The Morgan fingerprint density at radius 2 is 1.90 bits per heavy atom. The highest BCUT2D eigenvalue weighted by Crippen LogP contribution is 2.45. The molecule has 3 amide bonds. The van der Waals surface area contributed by atoms with Gasteiger partial charge in [0.1, 0.15) is 5.71 Å². The molecule has 1 spiro atoms. The largest absolute Gasteiger partial charge is 0.449 e. The molecule has 0 bridgehead atoms. The zero-order valence-electron chi connectivity index (χ0n) is 17.2. The molecule has 0 radical (unpaired) electrons. The van der Waals surface area contributed by atoms with Gasteiger partial charge >= 0.3 is 6.09 Å². The Morgan fingerprint density at radius 3 is 2.57 bits per heavy atom. The number of para-hydroxylation sites is 1. The third-order valence-corrected chi connectivity index (χ3v) is 5.62. The van der Waals surface area contributed by atoms with Crippen molar-refractivity contribution in [1.82, 2.24) is 4.90 Å². The van der Waals surface area contributed by atoms with Gasteiger partial charge in [-0.2, -0.15) is 10.1 Å². The van der Waals surface area contributed by atoms with Crippen molar-refractivity contribution < 1.29 is 19.1 Å². The molecule has 0 aliphatic carbocycles. The van der Waals surface area contributed by atoms with E-state index in [1.807, 2.05) is 49.4 Å². The third kappa shape index (κ3) is 2.81. The Kier molecular flexibility index (Phi) is 4.89. The van der Waals surface area contributed by atoms with Crippen LogP contribution in [0.2, 0.25) is 0 Å². The molecular formula is C23H23N3O4. The lowest BCUT2D eigenvalue weighted by atomic mass is 9.78. The number of amides is 3. The lowest BCUT2D eigenvalue weighted by Gasteiger charge is -2.35. The van der Waals surface area contributed by atoms with E-state index < -0.39 is 29.4 Å². The quantitative estimate of drug-likeness (QED) is 0.783. The lowest BCUT2D eigenvalue weighted by molar-refractivity contribution is -0.134. The predicted molar refractivity (Wildman–Crippen MR) is 112 cm³/mol. The molecule has 1 fully saturated rings. The van der Waals surface area contributed by atoms with E-state index in [9.17, 15) is 14.4 Å². The first-order valence-corrected chi connectivity index (χ1v) is 9.96. The van der Waals surface area contributed by atoms with Gasteiger partial charge in [-0.25, -0.2) is 9.69 Å². The number of benzene rings is 2. The molecule has 7 nitrogen and oxygen atoms in total. The summed E-state index contributed by atoms with van der Waals surface area (Å²) in [6.07, 6.45) is -0.770. The number of anilines is 1. The zero-order valence-corrected chi connectivity index (χ0v) is 17.2. The summed E-state index contributed by atoms with van der Waals surface area (Å²) in [7, 11) is 0. The number of hydrogen-bond acceptors (Lipinski definition) is 5. The fraction of sp³-hybridized carbons (Fsp3) is 0.304. The van der Waals surface area contributed by atoms with Crippen LogP contribution in [0.25, 0.3) is 0 Å². The number of ether oxygens (including phenoxy) is 1.